The van der Waals surface area contributed by atoms with Crippen molar-refractivity contribution in [2.45, 2.75) is 19.4 Å². The third kappa shape index (κ3) is 1.91. The summed E-state index contributed by atoms with van der Waals surface area (Å²) >= 11 is 0. The van der Waals surface area contributed by atoms with Gasteiger partial charge in [0, 0.05) is 5.92 Å². The smallest absolute Gasteiger partial charge is 0.154 e. The summed E-state index contributed by atoms with van der Waals surface area (Å²) in [6.45, 7) is 0.481. The van der Waals surface area contributed by atoms with Crippen molar-refractivity contribution in [3.63, 3.8) is 0 Å². The number of hydrogen-bond acceptors (Lipinski definition) is 3. The number of halogens is 2. The van der Waals surface area contributed by atoms with Gasteiger partial charge in [0.2, 0.25) is 0 Å². The Morgan fingerprint density at radius 3 is 2.55 bits per heavy atom. The van der Waals surface area contributed by atoms with Gasteiger partial charge < -0.3 is 14.7 Å². The summed E-state index contributed by atoms with van der Waals surface area (Å²) in [4.78, 5) is 19.7. The number of nitrogens with zero attached hydrogens (tertiary/aromatic N) is 2. The van der Waals surface area contributed by atoms with Crippen molar-refractivity contribution in [1.82, 2.24) is 14.9 Å². The molecule has 6 heteroatoms. The Morgan fingerprint density at radius 1 is 1.30 bits per heavy atom. The van der Waals surface area contributed by atoms with Crippen molar-refractivity contribution in [3.8, 4) is 0 Å². The van der Waals surface area contributed by atoms with Crippen LogP contribution in [0.5, 0.6) is 0 Å². The molecule has 0 saturated heterocycles. The van der Waals surface area contributed by atoms with Gasteiger partial charge >= 0.3 is 0 Å². The highest BCUT2D eigenvalue weighted by atomic mass is 19.1. The largest absolute Gasteiger partial charge is 0.338 e. The highest BCUT2D eigenvalue weighted by molar-refractivity contribution is 5.80. The Morgan fingerprint density at radius 2 is 1.95 bits per heavy atom. The fourth-order valence-electron chi connectivity index (χ4n) is 2.79. The maximum atomic E-state index is 14.4. The molecule has 106 valence electrons. The van der Waals surface area contributed by atoms with Crippen molar-refractivity contribution >= 4 is 17.3 Å². The van der Waals surface area contributed by atoms with Crippen LogP contribution in [-0.4, -0.2) is 35.2 Å². The van der Waals surface area contributed by atoms with Gasteiger partial charge in [0.25, 0.3) is 0 Å². The number of carbonyl (C=O) groups excluding carboxylic acids is 1. The van der Waals surface area contributed by atoms with Crippen LogP contribution in [0.1, 0.15) is 17.0 Å². The molecule has 1 aliphatic rings. The molecule has 20 heavy (non-hydrogen) atoms. The van der Waals surface area contributed by atoms with E-state index < -0.39 is 11.6 Å². The number of imidazole rings is 1. The Kier molecular flexibility index (Phi) is 3.05. The van der Waals surface area contributed by atoms with Gasteiger partial charge in [0.1, 0.15) is 23.1 Å². The van der Waals surface area contributed by atoms with E-state index in [0.717, 1.165) is 6.29 Å². The molecule has 2 aromatic rings. The van der Waals surface area contributed by atoms with Crippen LogP contribution in [0.3, 0.4) is 0 Å². The summed E-state index contributed by atoms with van der Waals surface area (Å²) < 4.78 is 28.9. The van der Waals surface area contributed by atoms with Crippen LogP contribution in [-0.2, 0) is 24.2 Å². The van der Waals surface area contributed by atoms with E-state index in [1.54, 1.807) is 0 Å². The maximum Gasteiger partial charge on any atom is 0.154 e. The van der Waals surface area contributed by atoms with Gasteiger partial charge in [-0.25, -0.2) is 13.8 Å². The van der Waals surface area contributed by atoms with E-state index in [-0.39, 0.29) is 29.8 Å². The Hall–Kier alpha value is -1.82. The molecule has 0 saturated carbocycles. The molecule has 0 fully saturated rings. The minimum Gasteiger partial charge on any atom is -0.338 e. The van der Waals surface area contributed by atoms with Gasteiger partial charge in [-0.15, -0.1) is 0 Å². The first-order valence-electron chi connectivity index (χ1n) is 6.48. The third-order valence-electron chi connectivity index (χ3n) is 3.67. The van der Waals surface area contributed by atoms with Crippen molar-refractivity contribution in [2.24, 2.45) is 5.92 Å². The molecule has 1 unspecified atom stereocenters. The topological polar surface area (TPSA) is 49.0 Å². The number of fused-ring (bicyclic) bond motifs is 2. The molecule has 0 spiro atoms. The van der Waals surface area contributed by atoms with E-state index in [1.807, 2.05) is 19.0 Å². The van der Waals surface area contributed by atoms with Crippen molar-refractivity contribution < 1.29 is 13.6 Å². The zero-order valence-electron chi connectivity index (χ0n) is 11.3. The van der Waals surface area contributed by atoms with Crippen LogP contribution >= 0.6 is 0 Å². The molecule has 1 aliphatic carbocycles. The number of aromatic amines is 1. The third-order valence-corrected chi connectivity index (χ3v) is 3.67. The van der Waals surface area contributed by atoms with Crippen molar-refractivity contribution in [3.05, 3.63) is 28.6 Å². The van der Waals surface area contributed by atoms with Crippen LogP contribution in [0.4, 0.5) is 8.78 Å². The van der Waals surface area contributed by atoms with Gasteiger partial charge in [-0.05, 0) is 38.1 Å². The normalized spacial score (nSPS) is 15.2. The second-order valence-corrected chi connectivity index (χ2v) is 5.53. The van der Waals surface area contributed by atoms with Crippen molar-refractivity contribution in [1.29, 1.82) is 0 Å². The van der Waals surface area contributed by atoms with Crippen LogP contribution in [0.15, 0.2) is 0 Å². The molecule has 1 heterocycles. The summed E-state index contributed by atoms with van der Waals surface area (Å²) in [6.07, 6.45) is 1.28. The molecule has 0 aliphatic heterocycles. The molecule has 0 bridgehead atoms. The first-order valence-corrected chi connectivity index (χ1v) is 6.48. The average molecular weight is 279 g/mol. The lowest BCUT2D eigenvalue weighted by Crippen LogP contribution is -2.11. The van der Waals surface area contributed by atoms with Crippen molar-refractivity contribution in [2.75, 3.05) is 14.1 Å². The number of aromatic nitrogens is 2. The summed E-state index contributed by atoms with van der Waals surface area (Å²) in [5, 5.41) is 0. The zero-order chi connectivity index (χ0) is 14.4. The predicted octanol–water partition coefficient (Wildman–Crippen LogP) is 1.82. The molecule has 1 atom stereocenters. The Bertz CT molecular complexity index is 645. The number of benzene rings is 1. The summed E-state index contributed by atoms with van der Waals surface area (Å²) in [5.74, 6) is -0.777. The van der Waals surface area contributed by atoms with E-state index in [4.69, 9.17) is 0 Å². The number of hydrogen-bond donors (Lipinski definition) is 1. The summed E-state index contributed by atoms with van der Waals surface area (Å²) in [6, 6.07) is 0. The second kappa shape index (κ2) is 4.63. The highest BCUT2D eigenvalue weighted by Crippen LogP contribution is 2.35. The predicted molar refractivity (Wildman–Crippen MR) is 70.4 cm³/mol. The van der Waals surface area contributed by atoms with Gasteiger partial charge in [-0.1, -0.05) is 0 Å². The number of H-pyrrole nitrogens is 1. The minimum atomic E-state index is -0.498. The first kappa shape index (κ1) is 13.2. The number of rotatable bonds is 3. The molecule has 4 nitrogen and oxygen atoms in total. The number of nitrogens with one attached hydrogen (secondary N) is 1. The van der Waals surface area contributed by atoms with E-state index in [0.29, 0.717) is 23.5 Å². The fourth-order valence-corrected chi connectivity index (χ4v) is 2.79. The van der Waals surface area contributed by atoms with Gasteiger partial charge in [0.15, 0.2) is 11.6 Å². The molecular formula is C14H15F2N3O. The average Bonchev–Trinajstić information content (AvgIpc) is 2.99. The molecule has 1 aromatic carbocycles. The van der Waals surface area contributed by atoms with Crippen LogP contribution in [0.2, 0.25) is 0 Å². The zero-order valence-corrected chi connectivity index (χ0v) is 11.3. The quantitative estimate of drug-likeness (QED) is 0.872. The van der Waals surface area contributed by atoms with E-state index in [9.17, 15) is 13.6 Å². The summed E-state index contributed by atoms with van der Waals surface area (Å²) in [7, 11) is 3.71. The van der Waals surface area contributed by atoms with Crippen LogP contribution < -0.4 is 0 Å². The maximum absolute atomic E-state index is 14.4. The lowest BCUT2D eigenvalue weighted by atomic mass is 10.1. The van der Waals surface area contributed by atoms with E-state index in [1.165, 1.54) is 0 Å². The SMILES string of the molecule is CN(C)Cc1nc2c(F)c3c(c(F)c2[nH]1)CC(C=O)C3. The number of carbonyl (C=O) groups is 1. The van der Waals surface area contributed by atoms with Crippen LogP contribution in [0, 0.1) is 17.6 Å². The van der Waals surface area contributed by atoms with Gasteiger partial charge in [-0.3, -0.25) is 0 Å². The standard InChI is InChI=1S/C14H15F2N3O/c1-19(2)5-10-17-13-11(15)8-3-7(6-20)4-9(8)12(16)14(13)18-10/h6-7H,3-5H2,1-2H3,(H,17,18). The molecule has 1 N–H and O–H groups in total. The van der Waals surface area contributed by atoms with Gasteiger partial charge in [0.05, 0.1) is 6.54 Å². The second-order valence-electron chi connectivity index (χ2n) is 5.53. The lowest BCUT2D eigenvalue weighted by molar-refractivity contribution is -0.110. The Balaban J connectivity index is 2.16. The molecule has 1 aromatic heterocycles. The highest BCUT2D eigenvalue weighted by Gasteiger charge is 2.30. The fraction of sp³-hybridized carbons (Fsp3) is 0.429. The monoisotopic (exact) mass is 279 g/mol. The Labute approximate surface area is 114 Å². The first-order chi connectivity index (χ1) is 9.51. The van der Waals surface area contributed by atoms with E-state index in [2.05, 4.69) is 9.97 Å². The molecular weight excluding hydrogens is 264 g/mol. The lowest BCUT2D eigenvalue weighted by Gasteiger charge is -2.05. The van der Waals surface area contributed by atoms with Crippen LogP contribution in [0.25, 0.3) is 11.0 Å². The minimum absolute atomic E-state index is 0.0321. The summed E-state index contributed by atoms with van der Waals surface area (Å²) in [5.41, 5.74) is 0.747. The number of aldehydes is 1. The molecule has 0 amide bonds. The molecule has 3 rings (SSSR count). The van der Waals surface area contributed by atoms with Gasteiger partial charge in [-0.2, -0.15) is 0 Å². The molecule has 0 radical (unpaired) electrons. The van der Waals surface area contributed by atoms with E-state index >= 15 is 0 Å².